The molecule has 0 aliphatic heterocycles. The van der Waals surface area contributed by atoms with Gasteiger partial charge in [-0.3, -0.25) is 0 Å². The summed E-state index contributed by atoms with van der Waals surface area (Å²) in [5, 5.41) is 3.69. The van der Waals surface area contributed by atoms with E-state index in [1.807, 2.05) is 29.7 Å². The molecule has 1 aromatic carbocycles. The summed E-state index contributed by atoms with van der Waals surface area (Å²) in [6.45, 7) is 2.16. The average Bonchev–Trinajstić information content (AvgIpc) is 2.25. The van der Waals surface area contributed by atoms with Gasteiger partial charge in [0.1, 0.15) is 0 Å². The van der Waals surface area contributed by atoms with Crippen LogP contribution in [0.15, 0.2) is 39.6 Å². The lowest BCUT2D eigenvalue weighted by Gasteiger charge is -1.98. The summed E-state index contributed by atoms with van der Waals surface area (Å²) in [5.74, 6) is 0. The van der Waals surface area contributed by atoms with Crippen molar-refractivity contribution in [2.45, 2.75) is 31.1 Å². The molecule has 0 spiro atoms. The van der Waals surface area contributed by atoms with E-state index in [0.717, 1.165) is 27.8 Å². The molecule has 0 aromatic heterocycles. The van der Waals surface area contributed by atoms with E-state index in [-0.39, 0.29) is 0 Å². The Morgan fingerprint density at radius 3 is 2.60 bits per heavy atom. The van der Waals surface area contributed by atoms with Gasteiger partial charge in [0.25, 0.3) is 0 Å². The lowest BCUT2D eigenvalue weighted by atomic mass is 10.2. The molecule has 0 atom stereocenters. The third kappa shape index (κ3) is 5.50. The Morgan fingerprint density at radius 1 is 1.33 bits per heavy atom. The van der Waals surface area contributed by atoms with Crippen LogP contribution in [0.5, 0.6) is 0 Å². The molecule has 0 bridgehead atoms. The minimum absolute atomic E-state index is 0.764. The topological polar surface area (TPSA) is 0 Å². The van der Waals surface area contributed by atoms with Crippen molar-refractivity contribution in [3.8, 4) is 0 Å². The predicted octanol–water partition coefficient (Wildman–Crippen LogP) is 5.70. The van der Waals surface area contributed by atoms with Gasteiger partial charge in [0.2, 0.25) is 0 Å². The first-order chi connectivity index (χ1) is 7.22. The quantitative estimate of drug-likeness (QED) is 0.612. The minimum Gasteiger partial charge on any atom is -0.0969 e. The Hall–Kier alpha value is -0.110. The van der Waals surface area contributed by atoms with Crippen molar-refractivity contribution in [2.75, 3.05) is 0 Å². The maximum Gasteiger partial charge on any atom is 0.0406 e. The normalized spacial score (nSPS) is 11.8. The Kier molecular flexibility index (Phi) is 6.23. The van der Waals surface area contributed by atoms with Crippen LogP contribution in [0.2, 0.25) is 5.02 Å². The highest BCUT2D eigenvalue weighted by Gasteiger charge is 1.94. The van der Waals surface area contributed by atoms with Gasteiger partial charge in [-0.15, -0.1) is 0 Å². The molecule has 0 aliphatic carbocycles. The number of hydrogen-bond donors (Lipinski definition) is 0. The van der Waals surface area contributed by atoms with E-state index in [1.54, 1.807) is 11.8 Å². The number of unbranched alkanes of at least 4 members (excludes halogenated alkanes) is 1. The molecule has 0 N–H and O–H groups in total. The SMILES string of the molecule is CCCC/C(Cl)=C\Sc1ccc(Cl)cc1. The summed E-state index contributed by atoms with van der Waals surface area (Å²) < 4.78 is 0. The van der Waals surface area contributed by atoms with Gasteiger partial charge in [0, 0.05) is 15.0 Å². The Labute approximate surface area is 106 Å². The number of allylic oxidation sites excluding steroid dienone is 1. The van der Waals surface area contributed by atoms with Gasteiger partial charge in [0.05, 0.1) is 0 Å². The predicted molar refractivity (Wildman–Crippen MR) is 70.8 cm³/mol. The zero-order valence-electron chi connectivity index (χ0n) is 8.67. The summed E-state index contributed by atoms with van der Waals surface area (Å²) in [6, 6.07) is 7.76. The molecule has 0 saturated heterocycles. The molecule has 1 aromatic rings. The first-order valence-electron chi connectivity index (χ1n) is 4.99. The number of thioether (sulfide) groups is 1. The van der Waals surface area contributed by atoms with Crippen LogP contribution in [0.1, 0.15) is 26.2 Å². The second-order valence-electron chi connectivity index (χ2n) is 3.24. The third-order valence-electron chi connectivity index (χ3n) is 1.91. The van der Waals surface area contributed by atoms with Crippen molar-refractivity contribution in [1.82, 2.24) is 0 Å². The maximum atomic E-state index is 6.05. The second-order valence-corrected chi connectivity index (χ2v) is 5.10. The van der Waals surface area contributed by atoms with E-state index in [4.69, 9.17) is 23.2 Å². The van der Waals surface area contributed by atoms with Crippen molar-refractivity contribution >= 4 is 35.0 Å². The largest absolute Gasteiger partial charge is 0.0969 e. The first kappa shape index (κ1) is 13.0. The fraction of sp³-hybridized carbons (Fsp3) is 0.333. The Morgan fingerprint density at radius 2 is 2.00 bits per heavy atom. The maximum absolute atomic E-state index is 6.05. The molecule has 0 saturated carbocycles. The van der Waals surface area contributed by atoms with E-state index in [1.165, 1.54) is 6.42 Å². The molecule has 0 aliphatic rings. The molecule has 82 valence electrons. The Balaban J connectivity index is 2.45. The van der Waals surface area contributed by atoms with Crippen LogP contribution in [0, 0.1) is 0 Å². The fourth-order valence-electron chi connectivity index (χ4n) is 1.05. The van der Waals surface area contributed by atoms with Crippen molar-refractivity contribution in [1.29, 1.82) is 0 Å². The van der Waals surface area contributed by atoms with Crippen LogP contribution < -0.4 is 0 Å². The molecular formula is C12H14Cl2S. The summed E-state index contributed by atoms with van der Waals surface area (Å²) in [6.07, 6.45) is 3.30. The summed E-state index contributed by atoms with van der Waals surface area (Å²) >= 11 is 13.5. The van der Waals surface area contributed by atoms with Crippen molar-refractivity contribution < 1.29 is 0 Å². The van der Waals surface area contributed by atoms with Crippen LogP contribution in [-0.4, -0.2) is 0 Å². The van der Waals surface area contributed by atoms with Crippen molar-refractivity contribution in [2.24, 2.45) is 0 Å². The lowest BCUT2D eigenvalue weighted by molar-refractivity contribution is 0.808. The zero-order valence-corrected chi connectivity index (χ0v) is 11.0. The summed E-state index contributed by atoms with van der Waals surface area (Å²) in [4.78, 5) is 1.16. The molecule has 0 heterocycles. The summed E-state index contributed by atoms with van der Waals surface area (Å²) in [7, 11) is 0. The second kappa shape index (κ2) is 7.21. The standard InChI is InChI=1S/C12H14Cl2S/c1-2-3-4-11(14)9-15-12-7-5-10(13)6-8-12/h5-9H,2-4H2,1H3/b11-9+. The molecule has 0 nitrogen and oxygen atoms in total. The van der Waals surface area contributed by atoms with Gasteiger partial charge in [-0.25, -0.2) is 0 Å². The fourth-order valence-corrected chi connectivity index (χ4v) is 2.12. The highest BCUT2D eigenvalue weighted by Crippen LogP contribution is 2.25. The van der Waals surface area contributed by atoms with Gasteiger partial charge < -0.3 is 0 Å². The zero-order chi connectivity index (χ0) is 11.1. The van der Waals surface area contributed by atoms with Gasteiger partial charge in [0.15, 0.2) is 0 Å². The molecule has 0 fully saturated rings. The highest BCUT2D eigenvalue weighted by atomic mass is 35.5. The Bertz CT molecular complexity index is 317. The van der Waals surface area contributed by atoms with Crippen LogP contribution in [0.4, 0.5) is 0 Å². The third-order valence-corrected chi connectivity index (χ3v) is 3.53. The lowest BCUT2D eigenvalue weighted by Crippen LogP contribution is -1.73. The van der Waals surface area contributed by atoms with Crippen LogP contribution >= 0.6 is 35.0 Å². The van der Waals surface area contributed by atoms with Crippen LogP contribution in [-0.2, 0) is 0 Å². The van der Waals surface area contributed by atoms with Gasteiger partial charge in [-0.2, -0.15) is 0 Å². The van der Waals surface area contributed by atoms with Crippen molar-refractivity contribution in [3.05, 3.63) is 39.7 Å². The number of hydrogen-bond acceptors (Lipinski definition) is 1. The van der Waals surface area contributed by atoms with E-state index in [9.17, 15) is 0 Å². The van der Waals surface area contributed by atoms with Crippen molar-refractivity contribution in [3.63, 3.8) is 0 Å². The van der Waals surface area contributed by atoms with Gasteiger partial charge >= 0.3 is 0 Å². The molecule has 0 amide bonds. The molecule has 1 rings (SSSR count). The average molecular weight is 261 g/mol. The number of halogens is 2. The molecule has 15 heavy (non-hydrogen) atoms. The first-order valence-corrected chi connectivity index (χ1v) is 6.62. The molecular weight excluding hydrogens is 247 g/mol. The number of benzene rings is 1. The molecule has 0 unspecified atom stereocenters. The minimum atomic E-state index is 0.764. The van der Waals surface area contributed by atoms with Gasteiger partial charge in [-0.05, 0) is 42.5 Å². The monoisotopic (exact) mass is 260 g/mol. The smallest absolute Gasteiger partial charge is 0.0406 e. The van der Waals surface area contributed by atoms with E-state index in [2.05, 4.69) is 6.92 Å². The molecule has 0 radical (unpaired) electrons. The van der Waals surface area contributed by atoms with Crippen LogP contribution in [0.25, 0.3) is 0 Å². The molecule has 3 heteroatoms. The number of rotatable bonds is 5. The van der Waals surface area contributed by atoms with Gasteiger partial charge in [-0.1, -0.05) is 48.3 Å². The van der Waals surface area contributed by atoms with E-state index < -0.39 is 0 Å². The van der Waals surface area contributed by atoms with E-state index in [0.29, 0.717) is 0 Å². The summed E-state index contributed by atoms with van der Waals surface area (Å²) in [5.41, 5.74) is 0. The van der Waals surface area contributed by atoms with Crippen LogP contribution in [0.3, 0.4) is 0 Å². The highest BCUT2D eigenvalue weighted by molar-refractivity contribution is 8.02. The van der Waals surface area contributed by atoms with E-state index >= 15 is 0 Å².